The second-order valence-corrected chi connectivity index (χ2v) is 2.60. The molecule has 0 atom stereocenters. The van der Waals surface area contributed by atoms with Crippen molar-refractivity contribution in [1.82, 2.24) is 0 Å². The number of hydrogen-bond acceptors (Lipinski definition) is 6. The molecule has 0 N–H and O–H groups in total. The van der Waals surface area contributed by atoms with Crippen LogP contribution in [0.25, 0.3) is 0 Å². The van der Waals surface area contributed by atoms with Crippen molar-refractivity contribution in [3.05, 3.63) is 0 Å². The number of halogens is 2. The van der Waals surface area contributed by atoms with Crippen LogP contribution >= 0.6 is 23.2 Å². The van der Waals surface area contributed by atoms with Crippen molar-refractivity contribution in [1.29, 1.82) is 0 Å². The van der Waals surface area contributed by atoms with E-state index in [1.54, 1.807) is 0 Å². The minimum absolute atomic E-state index is 0.208. The first-order valence-electron chi connectivity index (χ1n) is 3.40. The highest BCUT2D eigenvalue weighted by Crippen LogP contribution is 1.99. The van der Waals surface area contributed by atoms with Crippen LogP contribution in [-0.4, -0.2) is 37.3 Å². The zero-order chi connectivity index (χ0) is 11.0. The molecular weight excluding hydrogens is 239 g/mol. The van der Waals surface area contributed by atoms with Gasteiger partial charge in [-0.15, -0.1) is 0 Å². The first-order valence-corrected chi connectivity index (χ1v) is 4.15. The SMILES string of the molecule is COOC(COC(=O)Cl)COC(=O)Cl. The van der Waals surface area contributed by atoms with Crippen LogP contribution in [0.1, 0.15) is 0 Å². The molecule has 0 aromatic rings. The number of carbonyl (C=O) groups excluding carboxylic acids is 2. The molecule has 0 amide bonds. The maximum atomic E-state index is 10.2. The summed E-state index contributed by atoms with van der Waals surface area (Å²) in [4.78, 5) is 29.3. The molecule has 0 aliphatic rings. The predicted molar refractivity (Wildman–Crippen MR) is 46.3 cm³/mol. The Morgan fingerprint density at radius 1 is 1.14 bits per heavy atom. The molecule has 14 heavy (non-hydrogen) atoms. The third kappa shape index (κ3) is 8.06. The monoisotopic (exact) mass is 246 g/mol. The summed E-state index contributed by atoms with van der Waals surface area (Å²) in [5, 5.41) is 0. The molecule has 0 heterocycles. The summed E-state index contributed by atoms with van der Waals surface area (Å²) in [7, 11) is 1.25. The molecule has 82 valence electrons. The van der Waals surface area contributed by atoms with Crippen LogP contribution in [0.3, 0.4) is 0 Å². The van der Waals surface area contributed by atoms with Gasteiger partial charge in [-0.2, -0.15) is 0 Å². The smallest absolute Gasteiger partial charge is 0.403 e. The number of ether oxygens (including phenoxy) is 2. The number of rotatable bonds is 6. The Kier molecular flexibility index (Phi) is 7.50. The predicted octanol–water partition coefficient (Wildman–Crippen LogP) is 1.68. The van der Waals surface area contributed by atoms with Crippen LogP contribution in [0, 0.1) is 0 Å². The van der Waals surface area contributed by atoms with Gasteiger partial charge in [0, 0.05) is 23.2 Å². The molecule has 0 radical (unpaired) electrons. The summed E-state index contributed by atoms with van der Waals surface area (Å²) in [6.07, 6.45) is -0.773. The summed E-state index contributed by atoms with van der Waals surface area (Å²) in [5.41, 5.74) is -1.99. The summed E-state index contributed by atoms with van der Waals surface area (Å²) in [5.74, 6) is 0. The van der Waals surface area contributed by atoms with Gasteiger partial charge in [-0.25, -0.2) is 19.4 Å². The third-order valence-corrected chi connectivity index (χ3v) is 1.22. The van der Waals surface area contributed by atoms with Gasteiger partial charge in [-0.3, -0.25) is 0 Å². The second-order valence-electron chi connectivity index (χ2n) is 1.98. The molecule has 0 aromatic heterocycles. The molecule has 0 fully saturated rings. The standard InChI is InChI=1S/C6H8Cl2O6/c1-11-14-4(2-12-5(7)9)3-13-6(8)10/h4H,2-3H2,1H3. The summed E-state index contributed by atoms with van der Waals surface area (Å²) >= 11 is 9.79. The van der Waals surface area contributed by atoms with E-state index < -0.39 is 17.0 Å². The molecule has 0 unspecified atom stereocenters. The van der Waals surface area contributed by atoms with Crippen molar-refractivity contribution in [2.24, 2.45) is 0 Å². The summed E-state index contributed by atoms with van der Waals surface area (Å²) in [6, 6.07) is 0. The number of hydrogen-bond donors (Lipinski definition) is 0. The fourth-order valence-corrected chi connectivity index (χ4v) is 0.683. The van der Waals surface area contributed by atoms with E-state index in [0.29, 0.717) is 0 Å². The Labute approximate surface area is 89.9 Å². The molecule has 0 bridgehead atoms. The minimum Gasteiger partial charge on any atom is -0.451 e. The lowest BCUT2D eigenvalue weighted by molar-refractivity contribution is -0.313. The quantitative estimate of drug-likeness (QED) is 0.404. The Bertz CT molecular complexity index is 179. The highest BCUT2D eigenvalue weighted by atomic mass is 35.5. The Hall–Kier alpha value is -0.560. The lowest BCUT2D eigenvalue weighted by atomic mass is 10.4. The first kappa shape index (κ1) is 13.4. The van der Waals surface area contributed by atoms with Crippen LogP contribution in [0.15, 0.2) is 0 Å². The molecular formula is C6H8Cl2O6. The van der Waals surface area contributed by atoms with Gasteiger partial charge in [0.05, 0.1) is 7.11 Å². The molecule has 0 saturated carbocycles. The topological polar surface area (TPSA) is 71.1 Å². The van der Waals surface area contributed by atoms with E-state index in [1.165, 1.54) is 7.11 Å². The molecule has 8 heteroatoms. The highest BCUT2D eigenvalue weighted by Gasteiger charge is 2.14. The van der Waals surface area contributed by atoms with Crippen LogP contribution in [-0.2, 0) is 19.2 Å². The maximum absolute atomic E-state index is 10.2. The van der Waals surface area contributed by atoms with E-state index in [1.807, 2.05) is 0 Å². The van der Waals surface area contributed by atoms with E-state index in [0.717, 1.165) is 0 Å². The molecule has 0 aliphatic carbocycles. The van der Waals surface area contributed by atoms with E-state index in [9.17, 15) is 9.59 Å². The number of carbonyl (C=O) groups is 2. The van der Waals surface area contributed by atoms with E-state index in [2.05, 4.69) is 19.2 Å². The van der Waals surface area contributed by atoms with Gasteiger partial charge >= 0.3 is 10.9 Å². The van der Waals surface area contributed by atoms with Gasteiger partial charge in [0.25, 0.3) is 0 Å². The van der Waals surface area contributed by atoms with Gasteiger partial charge < -0.3 is 9.47 Å². The highest BCUT2D eigenvalue weighted by molar-refractivity contribution is 6.61. The zero-order valence-corrected chi connectivity index (χ0v) is 8.71. The second kappa shape index (κ2) is 7.81. The zero-order valence-electron chi connectivity index (χ0n) is 7.20. The van der Waals surface area contributed by atoms with Gasteiger partial charge in [0.15, 0.2) is 6.10 Å². The minimum atomic E-state index is -0.994. The molecule has 0 rings (SSSR count). The molecule has 0 aromatic carbocycles. The van der Waals surface area contributed by atoms with Gasteiger partial charge in [-0.05, 0) is 0 Å². The normalized spacial score (nSPS) is 10.0. The third-order valence-electron chi connectivity index (χ3n) is 0.998. The van der Waals surface area contributed by atoms with Crippen LogP contribution in [0.4, 0.5) is 9.59 Å². The fraction of sp³-hybridized carbons (Fsp3) is 0.667. The lowest BCUT2D eigenvalue weighted by Crippen LogP contribution is -2.26. The van der Waals surface area contributed by atoms with Crippen LogP contribution < -0.4 is 0 Å². The average Bonchev–Trinajstić information content (AvgIpc) is 2.09. The summed E-state index contributed by atoms with van der Waals surface area (Å²) < 4.78 is 8.75. The summed E-state index contributed by atoms with van der Waals surface area (Å²) in [6.45, 7) is -0.416. The van der Waals surface area contributed by atoms with Crippen LogP contribution in [0.2, 0.25) is 0 Å². The van der Waals surface area contributed by atoms with Crippen molar-refractivity contribution in [3.63, 3.8) is 0 Å². The van der Waals surface area contributed by atoms with E-state index in [4.69, 9.17) is 23.2 Å². The van der Waals surface area contributed by atoms with Crippen molar-refractivity contribution in [2.75, 3.05) is 20.3 Å². The Balaban J connectivity index is 3.76. The lowest BCUT2D eigenvalue weighted by Gasteiger charge is -2.13. The average molecular weight is 247 g/mol. The largest absolute Gasteiger partial charge is 0.451 e. The maximum Gasteiger partial charge on any atom is 0.403 e. The Morgan fingerprint density at radius 3 is 1.86 bits per heavy atom. The van der Waals surface area contributed by atoms with Crippen molar-refractivity contribution in [3.8, 4) is 0 Å². The molecule has 0 spiro atoms. The van der Waals surface area contributed by atoms with Crippen LogP contribution in [0.5, 0.6) is 0 Å². The van der Waals surface area contributed by atoms with Crippen molar-refractivity contribution in [2.45, 2.75) is 6.10 Å². The van der Waals surface area contributed by atoms with Gasteiger partial charge in [0.1, 0.15) is 13.2 Å². The molecule has 0 aliphatic heterocycles. The Morgan fingerprint density at radius 2 is 1.57 bits per heavy atom. The van der Waals surface area contributed by atoms with Gasteiger partial charge in [-0.1, -0.05) is 0 Å². The van der Waals surface area contributed by atoms with E-state index in [-0.39, 0.29) is 13.2 Å². The van der Waals surface area contributed by atoms with Gasteiger partial charge in [0.2, 0.25) is 0 Å². The fourth-order valence-electron chi connectivity index (χ4n) is 0.557. The van der Waals surface area contributed by atoms with E-state index >= 15 is 0 Å². The first-order chi connectivity index (χ1) is 6.56. The van der Waals surface area contributed by atoms with Crippen molar-refractivity contribution < 1.29 is 28.8 Å². The molecule has 6 nitrogen and oxygen atoms in total. The van der Waals surface area contributed by atoms with Crippen molar-refractivity contribution >= 4 is 34.1 Å². The molecule has 0 saturated heterocycles.